The molecule has 0 aromatic rings. The van der Waals surface area contributed by atoms with E-state index in [9.17, 15) is 24.2 Å². The van der Waals surface area contributed by atoms with Crippen molar-refractivity contribution in [1.82, 2.24) is 5.32 Å². The van der Waals surface area contributed by atoms with Crippen molar-refractivity contribution in [2.45, 2.75) is 225 Å². The van der Waals surface area contributed by atoms with Crippen molar-refractivity contribution in [2.24, 2.45) is 0 Å². The largest absolute Gasteiger partial charge is 0.472 e. The summed E-state index contributed by atoms with van der Waals surface area (Å²) in [5.41, 5.74) is 0. The molecule has 0 aromatic carbocycles. The molecule has 0 aliphatic heterocycles. The Morgan fingerprint density at radius 2 is 0.885 bits per heavy atom. The fourth-order valence-electron chi connectivity index (χ4n) is 6.65. The number of hydrogen-bond acceptors (Lipinski definition) is 7. The molecule has 0 aliphatic rings. The Balaban J connectivity index is 3.59. The van der Waals surface area contributed by atoms with Crippen LogP contribution in [0.4, 0.5) is 0 Å². The Hall–Kier alpha value is -2.29. The number of nitrogens with one attached hydrogen (secondary N) is 1. The molecular weight excluding hydrogens is 786 g/mol. The van der Waals surface area contributed by atoms with Gasteiger partial charge in [-0.2, -0.15) is 0 Å². The minimum Gasteiger partial charge on any atom is -0.463 e. The molecule has 2 atom stereocenters. The molecule has 0 aliphatic carbocycles. The highest BCUT2D eigenvalue weighted by Gasteiger charge is 2.23. The molecule has 0 rings (SSSR count). The van der Waals surface area contributed by atoms with Gasteiger partial charge in [0.05, 0.1) is 13.2 Å². The third-order valence-corrected chi connectivity index (χ3v) is 11.4. The number of amides is 1. The monoisotopic (exact) mass is 878 g/mol. The zero-order valence-electron chi connectivity index (χ0n) is 39.1. The van der Waals surface area contributed by atoms with Gasteiger partial charge in [-0.25, -0.2) is 4.57 Å². The number of ether oxygens (including phenoxy) is 1. The molecule has 0 heterocycles. The summed E-state index contributed by atoms with van der Waals surface area (Å²) in [7, 11) is -4.43. The summed E-state index contributed by atoms with van der Waals surface area (Å²) in [4.78, 5) is 34.0. The summed E-state index contributed by atoms with van der Waals surface area (Å²) in [5.74, 6) is -0.530. The van der Waals surface area contributed by atoms with Crippen LogP contribution in [0.25, 0.3) is 0 Å². The van der Waals surface area contributed by atoms with Gasteiger partial charge < -0.3 is 20.1 Å². The average molecular weight is 878 g/mol. The van der Waals surface area contributed by atoms with E-state index < -0.39 is 26.5 Å². The lowest BCUT2D eigenvalue weighted by Gasteiger charge is -2.15. The molecule has 3 N–H and O–H groups in total. The normalized spacial score (nSPS) is 13.7. The number of phosphoric ester groups is 1. The molecule has 9 nitrogen and oxygen atoms in total. The maximum atomic E-state index is 12.1. The summed E-state index contributed by atoms with van der Waals surface area (Å²) in [6.07, 6.45) is 57.2. The summed E-state index contributed by atoms with van der Waals surface area (Å²) in [5, 5.41) is 12.7. The van der Waals surface area contributed by atoms with Gasteiger partial charge >= 0.3 is 13.8 Å². The molecule has 354 valence electrons. The van der Waals surface area contributed by atoms with Crippen molar-refractivity contribution >= 4 is 19.7 Å². The van der Waals surface area contributed by atoms with Gasteiger partial charge in [-0.15, -0.1) is 0 Å². The molecule has 0 fully saturated rings. The van der Waals surface area contributed by atoms with Gasteiger partial charge in [0.1, 0.15) is 12.7 Å². The number of aliphatic hydroxyl groups is 1. The number of phosphoric acid groups is 1. The lowest BCUT2D eigenvalue weighted by atomic mass is 10.0. The van der Waals surface area contributed by atoms with Crippen molar-refractivity contribution in [1.29, 1.82) is 0 Å². The van der Waals surface area contributed by atoms with Crippen LogP contribution in [-0.2, 0) is 27.9 Å². The van der Waals surface area contributed by atoms with Crippen LogP contribution in [0.5, 0.6) is 0 Å². The molecule has 1 amide bonds. The maximum Gasteiger partial charge on any atom is 0.472 e. The number of carbonyl (C=O) groups is 2. The Bertz CT molecular complexity index is 1180. The summed E-state index contributed by atoms with van der Waals surface area (Å²) in [6, 6.07) is 0. The Morgan fingerprint density at radius 3 is 1.33 bits per heavy atom. The first kappa shape index (κ1) is 58.7. The van der Waals surface area contributed by atoms with E-state index in [0.29, 0.717) is 6.42 Å². The van der Waals surface area contributed by atoms with Crippen LogP contribution in [0, 0.1) is 0 Å². The van der Waals surface area contributed by atoms with Gasteiger partial charge in [-0.1, -0.05) is 184 Å². The molecule has 61 heavy (non-hydrogen) atoms. The minimum atomic E-state index is -4.43. The smallest absolute Gasteiger partial charge is 0.463 e. The second kappa shape index (κ2) is 47.2. The van der Waals surface area contributed by atoms with Crippen molar-refractivity contribution < 1.29 is 37.9 Å². The van der Waals surface area contributed by atoms with Gasteiger partial charge in [-0.05, 0) is 83.5 Å². The predicted molar refractivity (Wildman–Crippen MR) is 256 cm³/mol. The van der Waals surface area contributed by atoms with Crippen molar-refractivity contribution in [2.75, 3.05) is 26.4 Å². The number of carbonyl (C=O) groups excluding carboxylic acids is 2. The van der Waals surface area contributed by atoms with E-state index in [2.05, 4.69) is 79.9 Å². The van der Waals surface area contributed by atoms with E-state index in [1.54, 1.807) is 0 Å². The number of hydrogen-bond donors (Lipinski definition) is 3. The lowest BCUT2D eigenvalue weighted by Crippen LogP contribution is -2.27. The summed E-state index contributed by atoms with van der Waals surface area (Å²) in [6.45, 7) is 3.50. The topological polar surface area (TPSA) is 131 Å². The van der Waals surface area contributed by atoms with Crippen LogP contribution in [0.1, 0.15) is 219 Å². The van der Waals surface area contributed by atoms with Gasteiger partial charge in [-0.3, -0.25) is 18.6 Å². The van der Waals surface area contributed by atoms with Crippen LogP contribution in [0.15, 0.2) is 60.8 Å². The van der Waals surface area contributed by atoms with Gasteiger partial charge in [0.2, 0.25) is 5.91 Å². The third-order valence-electron chi connectivity index (χ3n) is 10.4. The Morgan fingerprint density at radius 1 is 0.508 bits per heavy atom. The fourth-order valence-corrected chi connectivity index (χ4v) is 7.41. The molecule has 0 saturated heterocycles. The lowest BCUT2D eigenvalue weighted by molar-refractivity contribution is -0.147. The second-order valence-corrected chi connectivity index (χ2v) is 17.9. The average Bonchev–Trinajstić information content (AvgIpc) is 3.25. The Labute approximate surface area is 374 Å². The minimum absolute atomic E-state index is 0.0723. The van der Waals surface area contributed by atoms with E-state index >= 15 is 0 Å². The van der Waals surface area contributed by atoms with Crippen LogP contribution in [0.2, 0.25) is 0 Å². The standard InChI is InChI=1S/C51H92NO8P/c1-3-5-7-9-11-13-15-17-19-21-23-24-26-28-30-32-34-36-38-40-42-44-51(55)58-47-49(53)48-60-61(56,57)59-46-45-52-50(54)43-41-39-37-35-33-31-29-27-25-22-20-18-16-14-12-10-8-6-4-2/h11-14,17-20,25,27,49,53H,3-10,15-16,21-24,26,28-48H2,1-2H3,(H,52,54)(H,56,57)/b13-11-,14-12-,19-17-,20-18-,27-25-. The van der Waals surface area contributed by atoms with Crippen LogP contribution in [0.3, 0.4) is 0 Å². The zero-order chi connectivity index (χ0) is 44.6. The van der Waals surface area contributed by atoms with Crippen molar-refractivity contribution in [3.63, 3.8) is 0 Å². The zero-order valence-corrected chi connectivity index (χ0v) is 40.0. The van der Waals surface area contributed by atoms with Gasteiger partial charge in [0.15, 0.2) is 0 Å². The molecule has 0 saturated carbocycles. The van der Waals surface area contributed by atoms with E-state index in [1.807, 2.05) is 0 Å². The highest BCUT2D eigenvalue weighted by molar-refractivity contribution is 7.47. The molecule has 0 radical (unpaired) electrons. The second-order valence-electron chi connectivity index (χ2n) is 16.4. The molecule has 0 aromatic heterocycles. The van der Waals surface area contributed by atoms with E-state index in [-0.39, 0.29) is 32.1 Å². The van der Waals surface area contributed by atoms with Crippen LogP contribution < -0.4 is 5.32 Å². The molecule has 0 bridgehead atoms. The number of aliphatic hydroxyl groups excluding tert-OH is 1. The van der Waals surface area contributed by atoms with Crippen LogP contribution in [-0.4, -0.2) is 54.3 Å². The number of unbranched alkanes of at least 4 members (excludes halogenated alkanes) is 23. The van der Waals surface area contributed by atoms with Crippen molar-refractivity contribution in [3.05, 3.63) is 60.8 Å². The van der Waals surface area contributed by atoms with E-state index in [1.165, 1.54) is 122 Å². The Kier molecular flexibility index (Phi) is 45.4. The number of allylic oxidation sites excluding steroid dienone is 10. The van der Waals surface area contributed by atoms with E-state index in [4.69, 9.17) is 13.8 Å². The molecule has 0 spiro atoms. The fraction of sp³-hybridized carbons (Fsp3) is 0.765. The maximum absolute atomic E-state index is 12.1. The molecular formula is C51H92NO8P. The number of rotatable bonds is 46. The first-order valence-corrected chi connectivity index (χ1v) is 26.3. The van der Waals surface area contributed by atoms with Gasteiger partial charge in [0, 0.05) is 19.4 Å². The quantitative estimate of drug-likeness (QED) is 0.0238. The summed E-state index contributed by atoms with van der Waals surface area (Å²) < 4.78 is 27.0. The summed E-state index contributed by atoms with van der Waals surface area (Å²) >= 11 is 0. The first-order valence-electron chi connectivity index (χ1n) is 24.8. The van der Waals surface area contributed by atoms with E-state index in [0.717, 1.165) is 70.6 Å². The highest BCUT2D eigenvalue weighted by atomic mass is 31.2. The third kappa shape index (κ3) is 48.6. The van der Waals surface area contributed by atoms with Crippen molar-refractivity contribution in [3.8, 4) is 0 Å². The molecule has 2 unspecified atom stereocenters. The highest BCUT2D eigenvalue weighted by Crippen LogP contribution is 2.42. The first-order chi connectivity index (χ1) is 29.8. The molecule has 10 heteroatoms. The van der Waals surface area contributed by atoms with Crippen LogP contribution >= 0.6 is 7.82 Å². The number of esters is 1. The predicted octanol–water partition coefficient (Wildman–Crippen LogP) is 14.4. The van der Waals surface area contributed by atoms with Gasteiger partial charge in [0.25, 0.3) is 0 Å². The SMILES string of the molecule is CCCCC/C=C\C/C=C\C/C=C\CCCCCCCCC(=O)NCCOP(=O)(O)OCC(O)COC(=O)CCCCCCCCCCCCC/C=C\C/C=C\CCCCC.